The van der Waals surface area contributed by atoms with Gasteiger partial charge in [0.1, 0.15) is 11.6 Å². The Morgan fingerprint density at radius 2 is 2.19 bits per heavy atom. The second-order valence-corrected chi connectivity index (χ2v) is 4.40. The fourth-order valence-electron chi connectivity index (χ4n) is 1.39. The number of hydrogen-bond acceptors (Lipinski definition) is 2. The Kier molecular flexibility index (Phi) is 5.15. The minimum Gasteiger partial charge on any atom is -0.508 e. The topological polar surface area (TPSA) is 32.3 Å². The first kappa shape index (κ1) is 13.4. The van der Waals surface area contributed by atoms with Gasteiger partial charge in [0.15, 0.2) is 0 Å². The molecule has 0 aliphatic heterocycles. The van der Waals surface area contributed by atoms with Crippen LogP contribution in [0.1, 0.15) is 24.9 Å². The molecule has 0 saturated carbocycles. The Morgan fingerprint density at radius 3 is 2.81 bits per heavy atom. The predicted octanol–water partition coefficient (Wildman–Crippen LogP) is 3.30. The van der Waals surface area contributed by atoms with E-state index in [0.29, 0.717) is 23.0 Å². The van der Waals surface area contributed by atoms with Crippen molar-refractivity contribution in [1.82, 2.24) is 5.32 Å². The molecule has 1 atom stereocenters. The molecule has 1 aromatic carbocycles. The molecule has 1 rings (SSSR count). The van der Waals surface area contributed by atoms with Crippen LogP contribution in [0, 0.1) is 5.82 Å². The van der Waals surface area contributed by atoms with Gasteiger partial charge < -0.3 is 10.4 Å². The summed E-state index contributed by atoms with van der Waals surface area (Å²) < 4.78 is 25.3. The molecule has 0 aliphatic rings. The average molecular weight is 294 g/mol. The number of benzene rings is 1. The Morgan fingerprint density at radius 1 is 1.50 bits per heavy atom. The van der Waals surface area contributed by atoms with E-state index in [1.807, 2.05) is 6.92 Å². The van der Waals surface area contributed by atoms with E-state index in [2.05, 4.69) is 21.2 Å². The molecule has 90 valence electrons. The summed E-state index contributed by atoms with van der Waals surface area (Å²) in [6.07, 6.45) is 0.424. The number of nitrogens with one attached hydrogen (secondary N) is 1. The average Bonchev–Trinajstić information content (AvgIpc) is 2.23. The molecule has 0 bridgehead atoms. The number of halogens is 3. The molecule has 5 heteroatoms. The highest BCUT2D eigenvalue weighted by atomic mass is 79.9. The lowest BCUT2D eigenvalue weighted by molar-refractivity contribution is 0.429. The van der Waals surface area contributed by atoms with Gasteiger partial charge >= 0.3 is 0 Å². The molecule has 0 amide bonds. The van der Waals surface area contributed by atoms with Crippen LogP contribution in [0.4, 0.5) is 8.78 Å². The fraction of sp³-hybridized carbons (Fsp3) is 0.455. The van der Waals surface area contributed by atoms with E-state index in [-0.39, 0.29) is 18.5 Å². The number of phenols is 1. The molecule has 0 saturated heterocycles. The first-order valence-corrected chi connectivity index (χ1v) is 5.82. The highest BCUT2D eigenvalue weighted by molar-refractivity contribution is 9.10. The minimum absolute atomic E-state index is 0.0963. The van der Waals surface area contributed by atoms with Crippen LogP contribution in [0.3, 0.4) is 0 Å². The zero-order valence-electron chi connectivity index (χ0n) is 8.93. The molecular formula is C11H14BrF2NO. The van der Waals surface area contributed by atoms with Crippen molar-refractivity contribution < 1.29 is 13.9 Å². The lowest BCUT2D eigenvalue weighted by Crippen LogP contribution is -2.20. The number of hydrogen-bond donors (Lipinski definition) is 2. The SMILES string of the molecule is CC(NCCCF)c1cc(Br)c(F)cc1O. The van der Waals surface area contributed by atoms with Crippen molar-refractivity contribution in [1.29, 1.82) is 0 Å². The van der Waals surface area contributed by atoms with Crippen LogP contribution in [0.2, 0.25) is 0 Å². The van der Waals surface area contributed by atoms with Crippen molar-refractivity contribution in [2.45, 2.75) is 19.4 Å². The van der Waals surface area contributed by atoms with E-state index >= 15 is 0 Å². The summed E-state index contributed by atoms with van der Waals surface area (Å²) in [5.41, 5.74) is 0.590. The third-order valence-electron chi connectivity index (χ3n) is 2.30. The van der Waals surface area contributed by atoms with Crippen LogP contribution < -0.4 is 5.32 Å². The first-order valence-electron chi connectivity index (χ1n) is 5.03. The van der Waals surface area contributed by atoms with Gasteiger partial charge in [-0.2, -0.15) is 0 Å². The van der Waals surface area contributed by atoms with E-state index in [0.717, 1.165) is 6.07 Å². The molecular weight excluding hydrogens is 280 g/mol. The lowest BCUT2D eigenvalue weighted by atomic mass is 10.1. The van der Waals surface area contributed by atoms with Crippen molar-refractivity contribution in [3.63, 3.8) is 0 Å². The summed E-state index contributed by atoms with van der Waals surface area (Å²) in [5.74, 6) is -0.599. The molecule has 16 heavy (non-hydrogen) atoms. The summed E-state index contributed by atoms with van der Waals surface area (Å²) in [5, 5.41) is 12.6. The molecule has 0 aliphatic carbocycles. The molecule has 2 N–H and O–H groups in total. The Bertz CT molecular complexity index is 360. The van der Waals surface area contributed by atoms with Gasteiger partial charge in [0.05, 0.1) is 11.1 Å². The third-order valence-corrected chi connectivity index (χ3v) is 2.90. The number of phenolic OH excluding ortho intramolecular Hbond substituents is 1. The summed E-state index contributed by atoms with van der Waals surface area (Å²) >= 11 is 3.06. The Balaban J connectivity index is 2.75. The fourth-order valence-corrected chi connectivity index (χ4v) is 1.75. The molecule has 1 aromatic rings. The Labute approximate surface area is 102 Å². The van der Waals surface area contributed by atoms with Gasteiger partial charge in [0.2, 0.25) is 0 Å². The molecule has 0 radical (unpaired) electrons. The number of aromatic hydroxyl groups is 1. The van der Waals surface area contributed by atoms with Crippen molar-refractivity contribution in [3.05, 3.63) is 28.0 Å². The molecule has 0 fully saturated rings. The summed E-state index contributed by atoms with van der Waals surface area (Å²) in [7, 11) is 0. The van der Waals surface area contributed by atoms with Crippen LogP contribution in [0.25, 0.3) is 0 Å². The highest BCUT2D eigenvalue weighted by Crippen LogP contribution is 2.29. The second kappa shape index (κ2) is 6.15. The standard InChI is InChI=1S/C11H14BrF2NO/c1-7(15-4-2-3-13)8-5-9(12)10(14)6-11(8)16/h5-7,15-16H,2-4H2,1H3. The van der Waals surface area contributed by atoms with E-state index in [9.17, 15) is 13.9 Å². The van der Waals surface area contributed by atoms with E-state index in [4.69, 9.17) is 0 Å². The van der Waals surface area contributed by atoms with Gasteiger partial charge in [-0.3, -0.25) is 4.39 Å². The minimum atomic E-state index is -0.503. The quantitative estimate of drug-likeness (QED) is 0.817. The maximum atomic E-state index is 13.1. The van der Waals surface area contributed by atoms with E-state index in [1.54, 1.807) is 0 Å². The number of alkyl halides is 1. The number of rotatable bonds is 5. The zero-order chi connectivity index (χ0) is 12.1. The summed E-state index contributed by atoms with van der Waals surface area (Å²) in [4.78, 5) is 0. The molecule has 2 nitrogen and oxygen atoms in total. The normalized spacial score (nSPS) is 12.8. The second-order valence-electron chi connectivity index (χ2n) is 3.54. The van der Waals surface area contributed by atoms with Crippen molar-refractivity contribution in [2.75, 3.05) is 13.2 Å². The first-order chi connectivity index (χ1) is 7.56. The van der Waals surface area contributed by atoms with Gasteiger partial charge in [0.25, 0.3) is 0 Å². The van der Waals surface area contributed by atoms with Crippen LogP contribution in [0.5, 0.6) is 5.75 Å². The zero-order valence-corrected chi connectivity index (χ0v) is 10.5. The third kappa shape index (κ3) is 3.42. The van der Waals surface area contributed by atoms with E-state index in [1.165, 1.54) is 6.07 Å². The summed E-state index contributed by atoms with van der Waals surface area (Å²) in [6.45, 7) is 1.97. The maximum absolute atomic E-state index is 13.1. The van der Waals surface area contributed by atoms with Crippen LogP contribution in [-0.4, -0.2) is 18.3 Å². The predicted molar refractivity (Wildman–Crippen MR) is 62.8 cm³/mol. The van der Waals surface area contributed by atoms with Gasteiger partial charge in [0, 0.05) is 17.7 Å². The van der Waals surface area contributed by atoms with Crippen molar-refractivity contribution in [2.24, 2.45) is 0 Å². The largest absolute Gasteiger partial charge is 0.508 e. The molecule has 1 unspecified atom stereocenters. The highest BCUT2D eigenvalue weighted by Gasteiger charge is 2.13. The monoisotopic (exact) mass is 293 g/mol. The Hall–Kier alpha value is -0.680. The van der Waals surface area contributed by atoms with Crippen LogP contribution >= 0.6 is 15.9 Å². The van der Waals surface area contributed by atoms with E-state index < -0.39 is 5.82 Å². The van der Waals surface area contributed by atoms with Gasteiger partial charge in [-0.15, -0.1) is 0 Å². The van der Waals surface area contributed by atoms with Crippen molar-refractivity contribution in [3.8, 4) is 5.75 Å². The van der Waals surface area contributed by atoms with Crippen LogP contribution in [0.15, 0.2) is 16.6 Å². The molecule has 0 heterocycles. The lowest BCUT2D eigenvalue weighted by Gasteiger charge is -2.15. The smallest absolute Gasteiger partial charge is 0.141 e. The van der Waals surface area contributed by atoms with Gasteiger partial charge in [-0.25, -0.2) is 4.39 Å². The summed E-state index contributed by atoms with van der Waals surface area (Å²) in [6, 6.07) is 2.44. The van der Waals surface area contributed by atoms with Crippen molar-refractivity contribution >= 4 is 15.9 Å². The molecule has 0 spiro atoms. The van der Waals surface area contributed by atoms with Gasteiger partial charge in [-0.1, -0.05) is 0 Å². The van der Waals surface area contributed by atoms with Gasteiger partial charge in [-0.05, 0) is 41.9 Å². The van der Waals surface area contributed by atoms with Crippen LogP contribution in [-0.2, 0) is 0 Å². The maximum Gasteiger partial charge on any atom is 0.141 e. The molecule has 0 aromatic heterocycles.